The number of fused-ring (bicyclic) bond motifs is 1. The Morgan fingerprint density at radius 2 is 1.87 bits per heavy atom. The molecule has 1 amide bonds. The Kier molecular flexibility index (Phi) is 7.94. The number of esters is 1. The zero-order chi connectivity index (χ0) is 28.5. The number of benzene rings is 2. The number of hydrogen-bond donors (Lipinski definition) is 1. The highest BCUT2D eigenvalue weighted by Gasteiger charge is 2.27. The maximum absolute atomic E-state index is 15.2. The predicted octanol–water partition coefficient (Wildman–Crippen LogP) is 6.84. The quantitative estimate of drug-likeness (QED) is 0.160. The first-order chi connectivity index (χ1) is 17.7. The monoisotopic (exact) mass is 551 g/mol. The van der Waals surface area contributed by atoms with Crippen LogP contribution in [0.5, 0.6) is 0 Å². The van der Waals surface area contributed by atoms with Gasteiger partial charge in [0, 0.05) is 17.2 Å². The second kappa shape index (κ2) is 10.6. The molecule has 0 saturated heterocycles. The highest BCUT2D eigenvalue weighted by Crippen LogP contribution is 2.39. The van der Waals surface area contributed by atoms with Crippen molar-refractivity contribution in [1.82, 2.24) is 4.57 Å². The van der Waals surface area contributed by atoms with Crippen LogP contribution in [-0.2, 0) is 9.47 Å². The number of carbonyl (C=O) groups excluding carboxylic acids is 2. The van der Waals surface area contributed by atoms with Gasteiger partial charge < -0.3 is 14.0 Å². The number of azide groups is 1. The van der Waals surface area contributed by atoms with E-state index in [1.807, 2.05) is 0 Å². The van der Waals surface area contributed by atoms with E-state index in [4.69, 9.17) is 26.6 Å². The molecule has 0 saturated carbocycles. The summed E-state index contributed by atoms with van der Waals surface area (Å²) >= 11 is 6.33. The summed E-state index contributed by atoms with van der Waals surface area (Å²) in [4.78, 5) is 40.6. The smallest absolute Gasteiger partial charge is 0.412 e. The number of ether oxygens (including phenoxy) is 2. The average molecular weight is 552 g/mol. The molecule has 10 nitrogen and oxygen atoms in total. The number of halogens is 4. The number of aryl methyl sites for hydroxylation is 1. The lowest BCUT2D eigenvalue weighted by Crippen LogP contribution is -2.27. The Balaban J connectivity index is 2.45. The predicted molar refractivity (Wildman–Crippen MR) is 134 cm³/mol. The molecule has 0 atom stereocenters. The van der Waals surface area contributed by atoms with E-state index in [0.29, 0.717) is 6.07 Å². The largest absolute Gasteiger partial charge is 0.462 e. The van der Waals surface area contributed by atoms with Gasteiger partial charge in [-0.3, -0.25) is 10.1 Å². The van der Waals surface area contributed by atoms with Crippen LogP contribution in [0.25, 0.3) is 27.0 Å². The molecule has 14 heteroatoms. The highest BCUT2D eigenvalue weighted by atomic mass is 35.5. The number of carbonyl (C=O) groups is 2. The summed E-state index contributed by atoms with van der Waals surface area (Å²) in [6, 6.07) is 1.30. The summed E-state index contributed by atoms with van der Waals surface area (Å²) in [5.74, 6) is -4.62. The highest BCUT2D eigenvalue weighted by molar-refractivity contribution is 6.38. The Bertz CT molecular complexity index is 1590. The molecule has 200 valence electrons. The van der Waals surface area contributed by atoms with Crippen molar-refractivity contribution in [3.63, 3.8) is 0 Å². The minimum Gasteiger partial charge on any atom is -0.462 e. The fourth-order valence-corrected chi connectivity index (χ4v) is 3.89. The lowest BCUT2D eigenvalue weighted by Gasteiger charge is -2.21. The first kappa shape index (κ1) is 28.4. The summed E-state index contributed by atoms with van der Waals surface area (Å²) in [6.45, 7) is 7.27. The number of rotatable bonds is 5. The second-order valence-electron chi connectivity index (χ2n) is 8.89. The fourth-order valence-electron chi connectivity index (χ4n) is 3.58. The van der Waals surface area contributed by atoms with Gasteiger partial charge in [0.2, 0.25) is 5.43 Å². The zero-order valence-electron chi connectivity index (χ0n) is 20.8. The number of hydrogen-bond acceptors (Lipinski definition) is 6. The van der Waals surface area contributed by atoms with Crippen molar-refractivity contribution >= 4 is 45.9 Å². The Hall–Kier alpha value is -4.22. The summed E-state index contributed by atoms with van der Waals surface area (Å²) in [7, 11) is 0. The molecule has 0 spiro atoms. The van der Waals surface area contributed by atoms with E-state index in [0.717, 1.165) is 16.8 Å². The van der Waals surface area contributed by atoms with Crippen LogP contribution in [0.2, 0.25) is 5.02 Å². The van der Waals surface area contributed by atoms with Crippen LogP contribution >= 0.6 is 11.6 Å². The molecule has 38 heavy (non-hydrogen) atoms. The lowest BCUT2D eigenvalue weighted by molar-refractivity contribution is 0.0523. The zero-order valence-corrected chi connectivity index (χ0v) is 21.5. The van der Waals surface area contributed by atoms with E-state index >= 15 is 8.78 Å². The molecule has 3 rings (SSSR count). The molecule has 0 fully saturated rings. The first-order valence-electron chi connectivity index (χ1n) is 11.0. The molecule has 1 aromatic heterocycles. The van der Waals surface area contributed by atoms with Gasteiger partial charge in [-0.1, -0.05) is 16.7 Å². The van der Waals surface area contributed by atoms with Crippen LogP contribution in [0.3, 0.4) is 0 Å². The minimum absolute atomic E-state index is 0.116. The maximum atomic E-state index is 15.2. The third kappa shape index (κ3) is 5.38. The van der Waals surface area contributed by atoms with Crippen molar-refractivity contribution in [2.75, 3.05) is 11.9 Å². The van der Waals surface area contributed by atoms with Crippen LogP contribution in [0.4, 0.5) is 29.3 Å². The van der Waals surface area contributed by atoms with E-state index in [-0.39, 0.29) is 17.7 Å². The topological polar surface area (TPSA) is 135 Å². The number of nitrogens with zero attached hydrogens (tertiary/aromatic N) is 4. The van der Waals surface area contributed by atoms with Gasteiger partial charge in [0.15, 0.2) is 0 Å². The number of aromatic nitrogens is 1. The van der Waals surface area contributed by atoms with Gasteiger partial charge in [-0.05, 0) is 51.8 Å². The second-order valence-corrected chi connectivity index (χ2v) is 9.27. The number of amides is 1. The van der Waals surface area contributed by atoms with E-state index < -0.39 is 73.6 Å². The molecule has 0 aliphatic heterocycles. The van der Waals surface area contributed by atoms with Crippen LogP contribution in [0.15, 0.2) is 28.2 Å². The Morgan fingerprint density at radius 1 is 1.21 bits per heavy atom. The van der Waals surface area contributed by atoms with E-state index in [9.17, 15) is 18.8 Å². The van der Waals surface area contributed by atoms with Gasteiger partial charge in [0.1, 0.15) is 28.6 Å². The van der Waals surface area contributed by atoms with Crippen LogP contribution < -0.4 is 10.7 Å². The Labute approximate surface area is 218 Å². The number of nitrogens with one attached hydrogen (secondary N) is 1. The first-order valence-corrected chi connectivity index (χ1v) is 11.4. The summed E-state index contributed by atoms with van der Waals surface area (Å²) in [5.41, 5.74) is 3.92. The standard InChI is InChI=1S/C24H21ClF3N5O5/c1-6-37-22(35)11-9-33(20-16(21(11)34)10(2)18(28)19(17(20)25)31-32-29)15-8-14(12(26)7-13(15)27)30-23(36)38-24(3,4)5/h7-9H,6H2,1-5H3,(H,30,36). The molecule has 0 unspecified atom stereocenters. The van der Waals surface area contributed by atoms with Gasteiger partial charge >= 0.3 is 12.1 Å². The van der Waals surface area contributed by atoms with Gasteiger partial charge in [-0.2, -0.15) is 0 Å². The number of anilines is 1. The van der Waals surface area contributed by atoms with Gasteiger partial charge in [0.25, 0.3) is 0 Å². The number of pyridine rings is 1. The molecule has 1 heterocycles. The van der Waals surface area contributed by atoms with Crippen molar-refractivity contribution in [3.8, 4) is 5.69 Å². The SMILES string of the molecule is CCOC(=O)c1cn(-c2cc(NC(=O)OC(C)(C)C)c(F)cc2F)c2c(Cl)c(N=[N+]=[N-])c(F)c(C)c2c1=O. The summed E-state index contributed by atoms with van der Waals surface area (Å²) in [5, 5.41) is 4.37. The van der Waals surface area contributed by atoms with Crippen LogP contribution in [0, 0.1) is 24.4 Å². The molecule has 0 aliphatic carbocycles. The van der Waals surface area contributed by atoms with Crippen LogP contribution in [-0.4, -0.2) is 28.8 Å². The van der Waals surface area contributed by atoms with Crippen molar-refractivity contribution in [1.29, 1.82) is 0 Å². The summed E-state index contributed by atoms with van der Waals surface area (Å²) < 4.78 is 55.7. The van der Waals surface area contributed by atoms with Crippen molar-refractivity contribution in [3.05, 3.63) is 72.6 Å². The maximum Gasteiger partial charge on any atom is 0.412 e. The van der Waals surface area contributed by atoms with E-state index in [2.05, 4.69) is 15.3 Å². The minimum atomic E-state index is -1.21. The molecule has 0 radical (unpaired) electrons. The average Bonchev–Trinajstić information content (AvgIpc) is 2.81. The normalized spacial score (nSPS) is 11.2. The van der Waals surface area contributed by atoms with Crippen molar-refractivity contribution < 1.29 is 32.2 Å². The third-order valence-corrected chi connectivity index (χ3v) is 5.47. The van der Waals surface area contributed by atoms with Gasteiger partial charge in [-0.25, -0.2) is 22.8 Å². The molecule has 0 bridgehead atoms. The molecular formula is C24H21ClF3N5O5. The lowest BCUT2D eigenvalue weighted by atomic mass is 10.0. The molecule has 2 aromatic carbocycles. The molecule has 0 aliphatic rings. The van der Waals surface area contributed by atoms with Crippen molar-refractivity contribution in [2.45, 2.75) is 40.2 Å². The van der Waals surface area contributed by atoms with Gasteiger partial charge in [0.05, 0.1) is 39.6 Å². The van der Waals surface area contributed by atoms with Crippen LogP contribution in [0.1, 0.15) is 43.6 Å². The van der Waals surface area contributed by atoms with Gasteiger partial charge in [-0.15, -0.1) is 0 Å². The molecule has 3 aromatic rings. The Morgan fingerprint density at radius 3 is 2.45 bits per heavy atom. The fraction of sp³-hybridized carbons (Fsp3) is 0.292. The third-order valence-electron chi connectivity index (χ3n) is 5.11. The molecule has 1 N–H and O–H groups in total. The van der Waals surface area contributed by atoms with E-state index in [1.54, 1.807) is 20.8 Å². The molecular weight excluding hydrogens is 531 g/mol. The summed E-state index contributed by atoms with van der Waals surface area (Å²) in [6.07, 6.45) is -0.174. The van der Waals surface area contributed by atoms with Crippen molar-refractivity contribution in [2.24, 2.45) is 5.11 Å². The van der Waals surface area contributed by atoms with E-state index in [1.165, 1.54) is 13.8 Å².